The van der Waals surface area contributed by atoms with Crippen LogP contribution in [0.4, 0.5) is 20.3 Å². The van der Waals surface area contributed by atoms with Gasteiger partial charge in [0.2, 0.25) is 11.7 Å². The number of halogens is 3. The zero-order chi connectivity index (χ0) is 29.5. The standard InChI is InChI=1S/C28H31F2N7O4.ClH/c1-3-16-12-17(4-5-19(16)28(40)35-14-18(38)13-33-23(39)8-9-31)36-26-27-34-15-21(37(27)11-10-32-26)20-6-7-22(41-2)25(30)24(20)29;/h4-7,10-12,15,18,38H,3,8-9,13-14,31H2,1-2H3,(H,32,36)(H,33,39)(H,35,40);1H. The van der Waals surface area contributed by atoms with Crippen molar-refractivity contribution in [3.8, 4) is 17.0 Å². The first kappa shape index (κ1) is 32.2. The molecule has 14 heteroatoms. The predicted molar refractivity (Wildman–Crippen MR) is 156 cm³/mol. The van der Waals surface area contributed by atoms with E-state index in [0.29, 0.717) is 34.8 Å². The number of aliphatic hydroxyl groups excluding tert-OH is 1. The Balaban J connectivity index is 0.00000484. The molecule has 0 radical (unpaired) electrons. The highest BCUT2D eigenvalue weighted by Crippen LogP contribution is 2.31. The van der Waals surface area contributed by atoms with Crippen LogP contribution in [0.15, 0.2) is 48.9 Å². The molecule has 1 atom stereocenters. The minimum absolute atomic E-state index is 0. The maximum atomic E-state index is 14.8. The molecule has 2 heterocycles. The SMILES string of the molecule is CCc1cc(Nc2nccn3c(-c4ccc(OC)c(F)c4F)cnc23)ccc1C(=O)NCC(O)CNC(=O)CCN.Cl. The van der Waals surface area contributed by atoms with Gasteiger partial charge in [0.05, 0.1) is 25.1 Å². The first-order valence-electron chi connectivity index (χ1n) is 12.9. The van der Waals surface area contributed by atoms with E-state index in [0.717, 1.165) is 5.56 Å². The van der Waals surface area contributed by atoms with Crippen molar-refractivity contribution >= 4 is 41.4 Å². The summed E-state index contributed by atoms with van der Waals surface area (Å²) in [6.45, 7) is 2.07. The van der Waals surface area contributed by atoms with E-state index >= 15 is 0 Å². The number of imidazole rings is 1. The monoisotopic (exact) mass is 603 g/mol. The zero-order valence-corrected chi connectivity index (χ0v) is 23.8. The van der Waals surface area contributed by atoms with Gasteiger partial charge >= 0.3 is 0 Å². The molecule has 0 spiro atoms. The van der Waals surface area contributed by atoms with E-state index in [1.54, 1.807) is 28.8 Å². The van der Waals surface area contributed by atoms with E-state index in [4.69, 9.17) is 10.5 Å². The van der Waals surface area contributed by atoms with Crippen LogP contribution in [-0.4, -0.2) is 64.1 Å². The molecule has 0 saturated heterocycles. The summed E-state index contributed by atoms with van der Waals surface area (Å²) in [6, 6.07) is 7.91. The van der Waals surface area contributed by atoms with Gasteiger partial charge in [-0.05, 0) is 42.3 Å². The van der Waals surface area contributed by atoms with Crippen LogP contribution in [0, 0.1) is 11.6 Å². The quantitative estimate of drug-likeness (QED) is 0.165. The van der Waals surface area contributed by atoms with E-state index in [2.05, 4.69) is 25.9 Å². The molecule has 4 aromatic rings. The minimum atomic E-state index is -1.09. The number of aliphatic hydroxyl groups is 1. The second-order valence-electron chi connectivity index (χ2n) is 9.11. The van der Waals surface area contributed by atoms with Gasteiger partial charge in [-0.3, -0.25) is 14.0 Å². The van der Waals surface area contributed by atoms with Crippen LogP contribution in [0.5, 0.6) is 5.75 Å². The van der Waals surface area contributed by atoms with Crippen LogP contribution in [0.3, 0.4) is 0 Å². The lowest BCUT2D eigenvalue weighted by molar-refractivity contribution is -0.121. The molecule has 11 nitrogen and oxygen atoms in total. The minimum Gasteiger partial charge on any atom is -0.494 e. The number of carbonyl (C=O) groups is 2. The number of benzene rings is 2. The lowest BCUT2D eigenvalue weighted by atomic mass is 10.0. The molecule has 0 saturated carbocycles. The van der Waals surface area contributed by atoms with Crippen molar-refractivity contribution in [1.29, 1.82) is 0 Å². The van der Waals surface area contributed by atoms with Gasteiger partial charge in [0.25, 0.3) is 5.91 Å². The van der Waals surface area contributed by atoms with Crippen LogP contribution < -0.4 is 26.4 Å². The molecule has 42 heavy (non-hydrogen) atoms. The maximum absolute atomic E-state index is 14.8. The molecule has 0 aliphatic rings. The van der Waals surface area contributed by atoms with Gasteiger partial charge in [-0.2, -0.15) is 4.39 Å². The molecular formula is C28H32ClF2N7O4. The van der Waals surface area contributed by atoms with Gasteiger partial charge in [-0.15, -0.1) is 12.4 Å². The lowest BCUT2D eigenvalue weighted by Crippen LogP contribution is -2.40. The number of methoxy groups -OCH3 is 1. The number of nitrogens with one attached hydrogen (secondary N) is 3. The average molecular weight is 604 g/mol. The number of aryl methyl sites for hydroxylation is 1. The topological polar surface area (TPSA) is 156 Å². The lowest BCUT2D eigenvalue weighted by Gasteiger charge is -2.15. The molecule has 6 N–H and O–H groups in total. The highest BCUT2D eigenvalue weighted by Gasteiger charge is 2.20. The molecule has 1 unspecified atom stereocenters. The summed E-state index contributed by atoms with van der Waals surface area (Å²) in [5, 5.41) is 18.5. The van der Waals surface area contributed by atoms with E-state index < -0.39 is 17.7 Å². The largest absolute Gasteiger partial charge is 0.494 e. The predicted octanol–water partition coefficient (Wildman–Crippen LogP) is 2.97. The third-order valence-electron chi connectivity index (χ3n) is 6.37. The fraction of sp³-hybridized carbons (Fsp3) is 0.286. The smallest absolute Gasteiger partial charge is 0.251 e. The number of nitrogens with two attached hydrogens (primary N) is 1. The molecule has 0 fully saturated rings. The number of ether oxygens (including phenoxy) is 1. The number of carbonyl (C=O) groups excluding carboxylic acids is 2. The van der Waals surface area contributed by atoms with Crippen molar-refractivity contribution in [3.05, 3.63) is 71.7 Å². The summed E-state index contributed by atoms with van der Waals surface area (Å²) in [6.07, 6.45) is 4.27. The molecule has 4 rings (SSSR count). The molecule has 0 aliphatic carbocycles. The van der Waals surface area contributed by atoms with Crippen LogP contribution in [0.2, 0.25) is 0 Å². The number of anilines is 2. The third kappa shape index (κ3) is 7.11. The number of amides is 2. The second kappa shape index (κ2) is 14.5. The van der Waals surface area contributed by atoms with Crippen LogP contribution in [-0.2, 0) is 11.2 Å². The highest BCUT2D eigenvalue weighted by molar-refractivity contribution is 5.96. The maximum Gasteiger partial charge on any atom is 0.251 e. The molecule has 2 aromatic carbocycles. The number of rotatable bonds is 12. The summed E-state index contributed by atoms with van der Waals surface area (Å²) in [4.78, 5) is 33.0. The number of aromatic nitrogens is 3. The Hall–Kier alpha value is -4.33. The first-order chi connectivity index (χ1) is 19.8. The van der Waals surface area contributed by atoms with Gasteiger partial charge in [0.1, 0.15) is 0 Å². The fourth-order valence-corrected chi connectivity index (χ4v) is 4.25. The molecule has 0 aliphatic heterocycles. The molecular weight excluding hydrogens is 572 g/mol. The number of fused-ring (bicyclic) bond motifs is 1. The molecule has 0 bridgehead atoms. The Kier molecular flexibility index (Phi) is 11.1. The van der Waals surface area contributed by atoms with Crippen molar-refractivity contribution in [3.63, 3.8) is 0 Å². The van der Waals surface area contributed by atoms with Gasteiger partial charge < -0.3 is 31.5 Å². The van der Waals surface area contributed by atoms with Crippen molar-refractivity contribution in [2.45, 2.75) is 25.9 Å². The van der Waals surface area contributed by atoms with Crippen LogP contribution in [0.1, 0.15) is 29.3 Å². The Labute approximate surface area is 246 Å². The normalized spacial score (nSPS) is 11.5. The first-order valence-corrected chi connectivity index (χ1v) is 12.9. The van der Waals surface area contributed by atoms with Gasteiger partial charge in [0.15, 0.2) is 23.0 Å². The summed E-state index contributed by atoms with van der Waals surface area (Å²) < 4.78 is 35.6. The van der Waals surface area contributed by atoms with Crippen LogP contribution >= 0.6 is 12.4 Å². The van der Waals surface area contributed by atoms with Gasteiger partial charge in [-0.1, -0.05) is 6.92 Å². The van der Waals surface area contributed by atoms with E-state index in [9.17, 15) is 23.5 Å². The molecule has 224 valence electrons. The summed E-state index contributed by atoms with van der Waals surface area (Å²) in [5.74, 6) is -2.61. The number of nitrogens with zero attached hydrogens (tertiary/aromatic N) is 3. The highest BCUT2D eigenvalue weighted by atomic mass is 35.5. The Bertz CT molecular complexity index is 1570. The third-order valence-corrected chi connectivity index (χ3v) is 6.37. The van der Waals surface area contributed by atoms with Crippen molar-refractivity contribution in [2.24, 2.45) is 5.73 Å². The van der Waals surface area contributed by atoms with E-state index in [1.807, 2.05) is 6.92 Å². The molecule has 2 amide bonds. The fourth-order valence-electron chi connectivity index (χ4n) is 4.25. The number of hydrogen-bond donors (Lipinski definition) is 5. The van der Waals surface area contributed by atoms with Crippen molar-refractivity contribution in [1.82, 2.24) is 25.0 Å². The van der Waals surface area contributed by atoms with Gasteiger partial charge in [-0.25, -0.2) is 14.4 Å². The van der Waals surface area contributed by atoms with E-state index in [-0.39, 0.29) is 61.6 Å². The van der Waals surface area contributed by atoms with Crippen molar-refractivity contribution < 1.29 is 28.2 Å². The zero-order valence-electron chi connectivity index (χ0n) is 23.0. The number of hydrogen-bond acceptors (Lipinski definition) is 8. The Morgan fingerprint density at radius 3 is 2.60 bits per heavy atom. The van der Waals surface area contributed by atoms with Crippen LogP contribution in [0.25, 0.3) is 16.9 Å². The average Bonchev–Trinajstić information content (AvgIpc) is 3.41. The van der Waals surface area contributed by atoms with Crippen molar-refractivity contribution in [2.75, 3.05) is 32.1 Å². The van der Waals surface area contributed by atoms with E-state index in [1.165, 1.54) is 31.6 Å². The summed E-state index contributed by atoms with van der Waals surface area (Å²) in [5.41, 5.74) is 7.85. The van der Waals surface area contributed by atoms with Gasteiger partial charge in [0, 0.05) is 55.3 Å². The summed E-state index contributed by atoms with van der Waals surface area (Å²) in [7, 11) is 1.26. The Morgan fingerprint density at radius 1 is 1.12 bits per heavy atom. The second-order valence-corrected chi connectivity index (χ2v) is 9.11. The Morgan fingerprint density at radius 2 is 1.88 bits per heavy atom. The summed E-state index contributed by atoms with van der Waals surface area (Å²) >= 11 is 0. The molecule has 2 aromatic heterocycles.